The summed E-state index contributed by atoms with van der Waals surface area (Å²) < 4.78 is 39.6. The van der Waals surface area contributed by atoms with Crippen molar-refractivity contribution in [2.24, 2.45) is 0 Å². The molecule has 198 valence electrons. The van der Waals surface area contributed by atoms with Gasteiger partial charge in [0.05, 0.1) is 23.7 Å². The van der Waals surface area contributed by atoms with Gasteiger partial charge in [-0.25, -0.2) is 8.42 Å². The van der Waals surface area contributed by atoms with Crippen LogP contribution >= 0.6 is 11.6 Å². The first-order valence-electron chi connectivity index (χ1n) is 12.0. The van der Waals surface area contributed by atoms with Gasteiger partial charge in [0.2, 0.25) is 5.91 Å². The van der Waals surface area contributed by atoms with E-state index in [2.05, 4.69) is 26.1 Å². The zero-order valence-electron chi connectivity index (χ0n) is 21.5. The minimum atomic E-state index is -4.09. The molecule has 0 saturated carbocycles. The molecule has 0 spiro atoms. The molecule has 1 amide bonds. The van der Waals surface area contributed by atoms with E-state index < -0.39 is 22.5 Å². The van der Waals surface area contributed by atoms with E-state index in [1.165, 1.54) is 29.8 Å². The summed E-state index contributed by atoms with van der Waals surface area (Å²) in [6.07, 6.45) is 0. The van der Waals surface area contributed by atoms with E-state index in [0.29, 0.717) is 23.1 Å². The molecule has 0 fully saturated rings. The number of benzene rings is 3. The van der Waals surface area contributed by atoms with E-state index in [4.69, 9.17) is 21.1 Å². The Bertz CT molecular complexity index is 1290. The van der Waals surface area contributed by atoms with Crippen molar-refractivity contribution in [1.29, 1.82) is 0 Å². The molecule has 7 nitrogen and oxygen atoms in total. The van der Waals surface area contributed by atoms with Crippen LogP contribution in [0.15, 0.2) is 77.7 Å². The van der Waals surface area contributed by atoms with Crippen LogP contribution in [0.1, 0.15) is 33.3 Å². The molecule has 0 aromatic heterocycles. The Hall–Kier alpha value is -3.23. The number of ether oxygens (including phenoxy) is 2. The Morgan fingerprint density at radius 3 is 2.22 bits per heavy atom. The van der Waals surface area contributed by atoms with Gasteiger partial charge in [0.25, 0.3) is 10.0 Å². The minimum Gasteiger partial charge on any atom is -0.492 e. The average molecular weight is 545 g/mol. The molecule has 3 aromatic carbocycles. The van der Waals surface area contributed by atoms with Crippen LogP contribution in [-0.2, 0) is 20.2 Å². The molecular formula is C28H33ClN2O5S. The van der Waals surface area contributed by atoms with Crippen molar-refractivity contribution in [2.45, 2.75) is 38.0 Å². The first kappa shape index (κ1) is 28.3. The second-order valence-electron chi connectivity index (χ2n) is 9.34. The van der Waals surface area contributed by atoms with Crippen LogP contribution in [0, 0.1) is 0 Å². The molecule has 1 N–H and O–H groups in total. The van der Waals surface area contributed by atoms with Gasteiger partial charge in [0.1, 0.15) is 24.7 Å². The average Bonchev–Trinajstić information content (AvgIpc) is 2.86. The maximum absolute atomic E-state index is 13.6. The van der Waals surface area contributed by atoms with Gasteiger partial charge in [-0.2, -0.15) is 0 Å². The molecule has 0 saturated heterocycles. The quantitative estimate of drug-likeness (QED) is 0.325. The van der Waals surface area contributed by atoms with Crippen molar-refractivity contribution >= 4 is 33.2 Å². The number of rotatable bonds is 11. The highest BCUT2D eigenvalue weighted by atomic mass is 35.5. The van der Waals surface area contributed by atoms with Crippen LogP contribution in [-0.4, -0.2) is 40.6 Å². The van der Waals surface area contributed by atoms with Gasteiger partial charge in [-0.15, -0.1) is 0 Å². The van der Waals surface area contributed by atoms with E-state index in [9.17, 15) is 13.2 Å². The monoisotopic (exact) mass is 544 g/mol. The highest BCUT2D eigenvalue weighted by Crippen LogP contribution is 2.32. The van der Waals surface area contributed by atoms with Gasteiger partial charge in [-0.05, 0) is 66.4 Å². The highest BCUT2D eigenvalue weighted by Gasteiger charge is 2.29. The molecule has 3 rings (SSSR count). The summed E-state index contributed by atoms with van der Waals surface area (Å²) in [7, 11) is -4.09. The zero-order chi connectivity index (χ0) is 27.1. The first-order valence-corrected chi connectivity index (χ1v) is 13.8. The molecule has 9 heteroatoms. The summed E-state index contributed by atoms with van der Waals surface area (Å²) in [6, 6.07) is 20.3. The predicted molar refractivity (Wildman–Crippen MR) is 147 cm³/mol. The lowest BCUT2D eigenvalue weighted by atomic mass is 9.87. The lowest BCUT2D eigenvalue weighted by molar-refractivity contribution is -0.119. The number of anilines is 1. The number of para-hydroxylation sites is 2. The van der Waals surface area contributed by atoms with Gasteiger partial charge in [-0.1, -0.05) is 56.6 Å². The predicted octanol–water partition coefficient (Wildman–Crippen LogP) is 5.43. The Labute approximate surface area is 224 Å². The highest BCUT2D eigenvalue weighted by molar-refractivity contribution is 7.92. The molecule has 0 heterocycles. The SMILES string of the molecule is CCOc1ccccc1N(CC(=O)NCCOc1ccc(C(C)(C)C)cc1)S(=O)(=O)c1ccc(Cl)cc1. The molecule has 0 atom stereocenters. The fourth-order valence-electron chi connectivity index (χ4n) is 3.57. The van der Waals surface area contributed by atoms with Crippen molar-refractivity contribution in [1.82, 2.24) is 5.32 Å². The third-order valence-corrected chi connectivity index (χ3v) is 7.56. The molecule has 0 aliphatic carbocycles. The van der Waals surface area contributed by atoms with E-state index in [0.717, 1.165) is 4.31 Å². The third kappa shape index (κ3) is 7.63. The Morgan fingerprint density at radius 2 is 1.59 bits per heavy atom. The normalized spacial score (nSPS) is 11.6. The van der Waals surface area contributed by atoms with Crippen LogP contribution in [0.5, 0.6) is 11.5 Å². The lowest BCUT2D eigenvalue weighted by Crippen LogP contribution is -2.42. The minimum absolute atomic E-state index is 0.0121. The number of sulfonamides is 1. The van der Waals surface area contributed by atoms with Crippen LogP contribution < -0.4 is 19.1 Å². The standard InChI is InChI=1S/C28H33ClN2O5S/c1-5-35-26-9-7-6-8-25(26)31(37(33,34)24-16-12-22(29)13-17-24)20-27(32)30-18-19-36-23-14-10-21(11-15-23)28(2,3)4/h6-17H,5,18-20H2,1-4H3,(H,30,32). The van der Waals surface area contributed by atoms with E-state index in [-0.39, 0.29) is 29.1 Å². The number of halogens is 1. The third-order valence-electron chi connectivity index (χ3n) is 5.54. The Kier molecular flexibility index (Phi) is 9.45. The summed E-state index contributed by atoms with van der Waals surface area (Å²) in [5, 5.41) is 3.15. The largest absolute Gasteiger partial charge is 0.492 e. The zero-order valence-corrected chi connectivity index (χ0v) is 23.1. The van der Waals surface area contributed by atoms with E-state index in [1.54, 1.807) is 31.2 Å². The summed E-state index contributed by atoms with van der Waals surface area (Å²) in [6.45, 7) is 8.58. The molecule has 3 aromatic rings. The van der Waals surface area contributed by atoms with Crippen molar-refractivity contribution in [3.63, 3.8) is 0 Å². The van der Waals surface area contributed by atoms with Crippen molar-refractivity contribution in [3.8, 4) is 11.5 Å². The van der Waals surface area contributed by atoms with Crippen LogP contribution in [0.3, 0.4) is 0 Å². The van der Waals surface area contributed by atoms with Crippen molar-refractivity contribution in [2.75, 3.05) is 30.6 Å². The van der Waals surface area contributed by atoms with Crippen molar-refractivity contribution < 1.29 is 22.7 Å². The molecular weight excluding hydrogens is 512 g/mol. The summed E-state index contributed by atoms with van der Waals surface area (Å²) in [4.78, 5) is 12.9. The van der Waals surface area contributed by atoms with Crippen LogP contribution in [0.25, 0.3) is 0 Å². The fraction of sp³-hybridized carbons (Fsp3) is 0.321. The first-order chi connectivity index (χ1) is 17.5. The molecule has 37 heavy (non-hydrogen) atoms. The Balaban J connectivity index is 1.71. The number of hydrogen-bond acceptors (Lipinski definition) is 5. The number of nitrogens with one attached hydrogen (secondary N) is 1. The number of carbonyl (C=O) groups is 1. The lowest BCUT2D eigenvalue weighted by Gasteiger charge is -2.26. The van der Waals surface area contributed by atoms with Crippen LogP contribution in [0.4, 0.5) is 5.69 Å². The number of nitrogens with zero attached hydrogens (tertiary/aromatic N) is 1. The smallest absolute Gasteiger partial charge is 0.264 e. The molecule has 0 aliphatic heterocycles. The molecule has 0 unspecified atom stereocenters. The number of amides is 1. The molecule has 0 bridgehead atoms. The number of hydrogen-bond donors (Lipinski definition) is 1. The van der Waals surface area contributed by atoms with Crippen LogP contribution in [0.2, 0.25) is 5.02 Å². The maximum atomic E-state index is 13.6. The second kappa shape index (κ2) is 12.3. The van der Waals surface area contributed by atoms with Gasteiger partial charge < -0.3 is 14.8 Å². The fourth-order valence-corrected chi connectivity index (χ4v) is 5.13. The second-order valence-corrected chi connectivity index (χ2v) is 11.6. The van der Waals surface area contributed by atoms with E-state index >= 15 is 0 Å². The van der Waals surface area contributed by atoms with Gasteiger partial charge in [0, 0.05) is 5.02 Å². The topological polar surface area (TPSA) is 84.9 Å². The molecule has 0 radical (unpaired) electrons. The summed E-state index contributed by atoms with van der Waals surface area (Å²) in [5.74, 6) is 0.577. The van der Waals surface area contributed by atoms with Gasteiger partial charge in [-0.3, -0.25) is 9.10 Å². The molecule has 0 aliphatic rings. The Morgan fingerprint density at radius 1 is 0.946 bits per heavy atom. The van der Waals surface area contributed by atoms with Gasteiger partial charge in [0.15, 0.2) is 0 Å². The van der Waals surface area contributed by atoms with E-state index in [1.807, 2.05) is 24.3 Å². The summed E-state index contributed by atoms with van der Waals surface area (Å²) in [5.41, 5.74) is 1.51. The van der Waals surface area contributed by atoms with Gasteiger partial charge >= 0.3 is 0 Å². The summed E-state index contributed by atoms with van der Waals surface area (Å²) >= 11 is 5.95. The van der Waals surface area contributed by atoms with Crippen molar-refractivity contribution in [3.05, 3.63) is 83.4 Å². The number of carbonyl (C=O) groups excluding carboxylic acids is 1. The maximum Gasteiger partial charge on any atom is 0.264 e.